The lowest BCUT2D eigenvalue weighted by molar-refractivity contribution is 0.232. The number of hydrogen-bond acceptors (Lipinski definition) is 2. The third-order valence-electron chi connectivity index (χ3n) is 3.99. The van der Waals surface area contributed by atoms with Gasteiger partial charge in [0.05, 0.1) is 6.04 Å². The highest BCUT2D eigenvalue weighted by atomic mass is 16.5. The molecule has 1 atom stereocenters. The lowest BCUT2D eigenvalue weighted by atomic mass is 10.2. The van der Waals surface area contributed by atoms with Crippen molar-refractivity contribution >= 4 is 11.7 Å². The zero-order valence-corrected chi connectivity index (χ0v) is 13.6. The number of anilines is 1. The van der Waals surface area contributed by atoms with E-state index < -0.39 is 0 Å². The predicted octanol–water partition coefficient (Wildman–Crippen LogP) is 3.53. The Morgan fingerprint density at radius 3 is 2.91 bits per heavy atom. The molecule has 0 bridgehead atoms. The van der Waals surface area contributed by atoms with Crippen LogP contribution >= 0.6 is 0 Å². The van der Waals surface area contributed by atoms with Gasteiger partial charge < -0.3 is 10.1 Å². The summed E-state index contributed by atoms with van der Waals surface area (Å²) in [5.74, 6) is 0.831. The molecule has 0 aliphatic carbocycles. The van der Waals surface area contributed by atoms with E-state index >= 15 is 0 Å². The summed E-state index contributed by atoms with van der Waals surface area (Å²) in [6.07, 6.45) is 0.914. The molecule has 23 heavy (non-hydrogen) atoms. The Bertz CT molecular complexity index is 699. The largest absolute Gasteiger partial charge is 0.491 e. The Labute approximate surface area is 137 Å². The number of para-hydroxylation sites is 1. The van der Waals surface area contributed by atoms with Crippen LogP contribution < -0.4 is 15.0 Å². The first-order valence-electron chi connectivity index (χ1n) is 7.99. The van der Waals surface area contributed by atoms with Crippen LogP contribution in [-0.4, -0.2) is 25.2 Å². The lowest BCUT2D eigenvalue weighted by Crippen LogP contribution is -2.45. The van der Waals surface area contributed by atoms with Crippen molar-refractivity contribution in [3.8, 4) is 5.75 Å². The quantitative estimate of drug-likeness (QED) is 0.938. The molecule has 1 aliphatic rings. The van der Waals surface area contributed by atoms with Gasteiger partial charge in [-0.15, -0.1) is 0 Å². The van der Waals surface area contributed by atoms with Gasteiger partial charge in [0.25, 0.3) is 0 Å². The standard InChI is InChI=1S/C19H22N2O2/c1-14-6-5-8-17(12-14)23-13-15(2)20-19(22)21-11-10-16-7-3-4-9-18(16)21/h3-9,12,15H,10-11,13H2,1-2H3,(H,20,22). The number of carbonyl (C=O) groups is 1. The van der Waals surface area contributed by atoms with Crippen LogP contribution in [-0.2, 0) is 6.42 Å². The number of rotatable bonds is 4. The Kier molecular flexibility index (Phi) is 4.51. The minimum Gasteiger partial charge on any atom is -0.491 e. The number of ether oxygens (including phenoxy) is 1. The summed E-state index contributed by atoms with van der Waals surface area (Å²) in [6.45, 7) is 5.17. The second-order valence-electron chi connectivity index (χ2n) is 6.01. The molecule has 0 aromatic heterocycles. The van der Waals surface area contributed by atoms with Gasteiger partial charge in [0.15, 0.2) is 0 Å². The summed E-state index contributed by atoms with van der Waals surface area (Å²) in [5.41, 5.74) is 3.40. The van der Waals surface area contributed by atoms with E-state index in [1.54, 1.807) is 4.90 Å². The molecule has 2 amide bonds. The van der Waals surface area contributed by atoms with E-state index in [0.717, 1.165) is 30.0 Å². The molecule has 1 unspecified atom stereocenters. The van der Waals surface area contributed by atoms with Gasteiger partial charge >= 0.3 is 6.03 Å². The lowest BCUT2D eigenvalue weighted by Gasteiger charge is -2.21. The van der Waals surface area contributed by atoms with Crippen molar-refractivity contribution in [3.05, 3.63) is 59.7 Å². The smallest absolute Gasteiger partial charge is 0.322 e. The van der Waals surface area contributed by atoms with Crippen molar-refractivity contribution in [1.82, 2.24) is 5.32 Å². The molecule has 1 N–H and O–H groups in total. The second-order valence-corrected chi connectivity index (χ2v) is 6.01. The average molecular weight is 310 g/mol. The summed E-state index contributed by atoms with van der Waals surface area (Å²) >= 11 is 0. The van der Waals surface area contributed by atoms with Crippen LogP contribution in [0.25, 0.3) is 0 Å². The number of nitrogens with zero attached hydrogens (tertiary/aromatic N) is 1. The fourth-order valence-corrected chi connectivity index (χ4v) is 2.81. The molecule has 2 aromatic carbocycles. The zero-order chi connectivity index (χ0) is 16.2. The highest BCUT2D eigenvalue weighted by Crippen LogP contribution is 2.27. The van der Waals surface area contributed by atoms with E-state index in [2.05, 4.69) is 11.4 Å². The average Bonchev–Trinajstić information content (AvgIpc) is 2.97. The van der Waals surface area contributed by atoms with Gasteiger partial charge in [-0.3, -0.25) is 4.90 Å². The summed E-state index contributed by atoms with van der Waals surface area (Å²) < 4.78 is 5.75. The summed E-state index contributed by atoms with van der Waals surface area (Å²) in [5, 5.41) is 3.01. The van der Waals surface area contributed by atoms with Crippen LogP contribution in [0.4, 0.5) is 10.5 Å². The number of carbonyl (C=O) groups excluding carboxylic acids is 1. The summed E-state index contributed by atoms with van der Waals surface area (Å²) in [6, 6.07) is 15.9. The van der Waals surface area contributed by atoms with Crippen molar-refractivity contribution in [1.29, 1.82) is 0 Å². The zero-order valence-electron chi connectivity index (χ0n) is 13.6. The van der Waals surface area contributed by atoms with Gasteiger partial charge in [-0.2, -0.15) is 0 Å². The first kappa shape index (κ1) is 15.4. The number of nitrogens with one attached hydrogen (secondary N) is 1. The van der Waals surface area contributed by atoms with E-state index in [4.69, 9.17) is 4.74 Å². The van der Waals surface area contributed by atoms with Gasteiger partial charge in [0.2, 0.25) is 0 Å². The van der Waals surface area contributed by atoms with Crippen molar-refractivity contribution in [3.63, 3.8) is 0 Å². The molecule has 1 aliphatic heterocycles. The number of urea groups is 1. The van der Waals surface area contributed by atoms with Gasteiger partial charge in [0.1, 0.15) is 12.4 Å². The van der Waals surface area contributed by atoms with Crippen LogP contribution in [0.2, 0.25) is 0 Å². The summed E-state index contributed by atoms with van der Waals surface area (Å²) in [7, 11) is 0. The molecular weight excluding hydrogens is 288 g/mol. The van der Waals surface area contributed by atoms with Gasteiger partial charge in [0, 0.05) is 12.2 Å². The van der Waals surface area contributed by atoms with Crippen molar-refractivity contribution in [2.75, 3.05) is 18.1 Å². The Hall–Kier alpha value is -2.49. The molecule has 4 nitrogen and oxygen atoms in total. The molecule has 2 aromatic rings. The van der Waals surface area contributed by atoms with Crippen molar-refractivity contribution < 1.29 is 9.53 Å². The fraction of sp³-hybridized carbons (Fsp3) is 0.316. The van der Waals surface area contributed by atoms with Gasteiger partial charge in [-0.1, -0.05) is 30.3 Å². The van der Waals surface area contributed by atoms with E-state index in [1.807, 2.05) is 56.3 Å². The molecule has 3 rings (SSSR count). The highest BCUT2D eigenvalue weighted by Gasteiger charge is 2.24. The van der Waals surface area contributed by atoms with E-state index in [-0.39, 0.29) is 12.1 Å². The van der Waals surface area contributed by atoms with Crippen LogP contribution in [0.5, 0.6) is 5.75 Å². The number of amides is 2. The maximum absolute atomic E-state index is 12.4. The van der Waals surface area contributed by atoms with Crippen LogP contribution in [0, 0.1) is 6.92 Å². The third-order valence-corrected chi connectivity index (χ3v) is 3.99. The molecule has 0 radical (unpaired) electrons. The second kappa shape index (κ2) is 6.73. The SMILES string of the molecule is Cc1cccc(OCC(C)NC(=O)N2CCc3ccccc32)c1. The van der Waals surface area contributed by atoms with Crippen molar-refractivity contribution in [2.45, 2.75) is 26.3 Å². The Morgan fingerprint density at radius 1 is 1.26 bits per heavy atom. The number of hydrogen-bond donors (Lipinski definition) is 1. The molecule has 4 heteroatoms. The minimum atomic E-state index is -0.0599. The molecule has 120 valence electrons. The molecule has 1 heterocycles. The van der Waals surface area contributed by atoms with Crippen molar-refractivity contribution in [2.24, 2.45) is 0 Å². The molecule has 0 spiro atoms. The number of benzene rings is 2. The summed E-state index contributed by atoms with van der Waals surface area (Å²) in [4.78, 5) is 14.2. The topological polar surface area (TPSA) is 41.6 Å². The predicted molar refractivity (Wildman–Crippen MR) is 92.2 cm³/mol. The highest BCUT2D eigenvalue weighted by molar-refractivity contribution is 5.94. The Morgan fingerprint density at radius 2 is 2.09 bits per heavy atom. The maximum atomic E-state index is 12.4. The minimum absolute atomic E-state index is 0.0595. The fourth-order valence-electron chi connectivity index (χ4n) is 2.81. The first-order chi connectivity index (χ1) is 11.1. The maximum Gasteiger partial charge on any atom is 0.322 e. The Balaban J connectivity index is 1.54. The molecule has 0 saturated carbocycles. The van der Waals surface area contributed by atoms with E-state index in [0.29, 0.717) is 6.61 Å². The number of fused-ring (bicyclic) bond motifs is 1. The van der Waals surface area contributed by atoms with Crippen LogP contribution in [0.3, 0.4) is 0 Å². The molecule has 0 fully saturated rings. The van der Waals surface area contributed by atoms with Gasteiger partial charge in [-0.05, 0) is 49.6 Å². The first-order valence-corrected chi connectivity index (χ1v) is 7.99. The normalized spacial score (nSPS) is 14.3. The third kappa shape index (κ3) is 3.65. The van der Waals surface area contributed by atoms with Crippen LogP contribution in [0.15, 0.2) is 48.5 Å². The van der Waals surface area contributed by atoms with E-state index in [1.165, 1.54) is 5.56 Å². The molecular formula is C19H22N2O2. The van der Waals surface area contributed by atoms with Gasteiger partial charge in [-0.25, -0.2) is 4.79 Å². The van der Waals surface area contributed by atoms with E-state index in [9.17, 15) is 4.79 Å². The van der Waals surface area contributed by atoms with Crippen LogP contribution in [0.1, 0.15) is 18.1 Å². The monoisotopic (exact) mass is 310 g/mol. The molecule has 0 saturated heterocycles. The number of aryl methyl sites for hydroxylation is 1.